The van der Waals surface area contributed by atoms with Crippen molar-refractivity contribution < 1.29 is 35.1 Å². The molecule has 2 heterocycles. The Morgan fingerprint density at radius 3 is 2.24 bits per heavy atom. The number of aryl methyl sites for hydroxylation is 1. The highest BCUT2D eigenvalue weighted by Crippen LogP contribution is 2.36. The first kappa shape index (κ1) is 28.2. The van der Waals surface area contributed by atoms with Crippen LogP contribution in [0.5, 0.6) is 5.75 Å². The second-order valence-corrected chi connectivity index (χ2v) is 9.97. The highest BCUT2D eigenvalue weighted by molar-refractivity contribution is 7.72. The van der Waals surface area contributed by atoms with Crippen LogP contribution in [0.1, 0.15) is 17.9 Å². The molecule has 212 valence electrons. The standard InChI is InChI=1S/C26H17ClF5N5O3S/c1-14-34-23(25(28)29)24(27)36(14)20-10-7-17(16-3-2-4-19(11-16)41(38)39)12-21(20)37-22(13-33-35-37)15-5-8-18(9-6-15)40-26(30,31)32/h2-13,25,41H,1H3. The second-order valence-electron chi connectivity index (χ2n) is 8.59. The summed E-state index contributed by atoms with van der Waals surface area (Å²) >= 11 is 6.33. The number of benzene rings is 3. The minimum Gasteiger partial charge on any atom is -0.406 e. The van der Waals surface area contributed by atoms with Crippen LogP contribution in [0.4, 0.5) is 22.0 Å². The largest absolute Gasteiger partial charge is 0.573 e. The van der Waals surface area contributed by atoms with Gasteiger partial charge in [0.05, 0.1) is 28.2 Å². The topological polar surface area (TPSA) is 91.9 Å². The average molecular weight is 610 g/mol. The lowest BCUT2D eigenvalue weighted by Crippen LogP contribution is -2.16. The maximum atomic E-state index is 13.6. The number of rotatable bonds is 7. The minimum absolute atomic E-state index is 0.0841. The van der Waals surface area contributed by atoms with Crippen molar-refractivity contribution in [2.45, 2.75) is 24.6 Å². The zero-order valence-electron chi connectivity index (χ0n) is 20.7. The number of ether oxygens (including phenoxy) is 1. The summed E-state index contributed by atoms with van der Waals surface area (Å²) < 4.78 is 94.8. The van der Waals surface area contributed by atoms with Crippen molar-refractivity contribution in [1.82, 2.24) is 24.5 Å². The molecule has 0 aliphatic heterocycles. The van der Waals surface area contributed by atoms with Gasteiger partial charge in [0, 0.05) is 5.56 Å². The molecule has 5 rings (SSSR count). The van der Waals surface area contributed by atoms with E-state index in [1.165, 1.54) is 46.6 Å². The van der Waals surface area contributed by atoms with Gasteiger partial charge in [-0.15, -0.1) is 18.3 Å². The third kappa shape index (κ3) is 5.79. The lowest BCUT2D eigenvalue weighted by atomic mass is 10.0. The molecule has 0 saturated heterocycles. The minimum atomic E-state index is -4.87. The SMILES string of the molecule is Cc1nc(C(F)F)c(Cl)n1-c1ccc(-c2cccc([SH](=O)=O)c2)cc1-n1nncc1-c1ccc(OC(F)(F)F)cc1. The smallest absolute Gasteiger partial charge is 0.406 e. The molecule has 41 heavy (non-hydrogen) atoms. The summed E-state index contributed by atoms with van der Waals surface area (Å²) in [4.78, 5) is 3.99. The number of imidazole rings is 1. The van der Waals surface area contributed by atoms with Gasteiger partial charge in [-0.2, -0.15) is 0 Å². The van der Waals surface area contributed by atoms with Crippen LogP contribution in [-0.2, 0) is 10.7 Å². The molecule has 5 aromatic rings. The van der Waals surface area contributed by atoms with Gasteiger partial charge in [0.1, 0.15) is 22.4 Å². The van der Waals surface area contributed by atoms with Crippen molar-refractivity contribution in [3.63, 3.8) is 0 Å². The van der Waals surface area contributed by atoms with E-state index in [4.69, 9.17) is 11.6 Å². The molecular formula is C26H17ClF5N5O3S. The number of hydrogen-bond donors (Lipinski definition) is 1. The fourth-order valence-electron chi connectivity index (χ4n) is 4.24. The number of aromatic nitrogens is 5. The molecule has 0 bridgehead atoms. The third-order valence-corrected chi connectivity index (χ3v) is 7.05. The quantitative estimate of drug-likeness (QED) is 0.166. The highest BCUT2D eigenvalue weighted by Gasteiger charge is 2.31. The molecule has 15 heteroatoms. The van der Waals surface area contributed by atoms with Gasteiger partial charge in [-0.1, -0.05) is 35.0 Å². The first-order valence-corrected chi connectivity index (χ1v) is 13.2. The van der Waals surface area contributed by atoms with Gasteiger partial charge in [0.2, 0.25) is 0 Å². The third-order valence-electron chi connectivity index (χ3n) is 5.99. The molecule has 2 aromatic heterocycles. The Kier molecular flexibility index (Phi) is 7.53. The summed E-state index contributed by atoms with van der Waals surface area (Å²) in [5, 5.41) is 7.77. The molecule has 3 aromatic carbocycles. The van der Waals surface area contributed by atoms with Crippen LogP contribution in [0.2, 0.25) is 5.15 Å². The monoisotopic (exact) mass is 609 g/mol. The number of halogens is 6. The molecule has 0 saturated carbocycles. The van der Waals surface area contributed by atoms with E-state index in [2.05, 4.69) is 20.0 Å². The molecule has 8 nitrogen and oxygen atoms in total. The molecule has 0 aliphatic rings. The lowest BCUT2D eigenvalue weighted by molar-refractivity contribution is -0.274. The van der Waals surface area contributed by atoms with Crippen LogP contribution in [0, 0.1) is 6.92 Å². The normalized spacial score (nSPS) is 11.9. The highest BCUT2D eigenvalue weighted by atomic mass is 35.5. The molecule has 0 N–H and O–H groups in total. The van der Waals surface area contributed by atoms with Crippen molar-refractivity contribution in [2.75, 3.05) is 0 Å². The zero-order chi connectivity index (χ0) is 29.5. The summed E-state index contributed by atoms with van der Waals surface area (Å²) in [6, 6.07) is 16.0. The van der Waals surface area contributed by atoms with E-state index in [0.29, 0.717) is 22.4 Å². The number of alkyl halides is 5. The first-order chi connectivity index (χ1) is 19.4. The molecule has 0 spiro atoms. The van der Waals surface area contributed by atoms with Crippen LogP contribution < -0.4 is 4.74 Å². The van der Waals surface area contributed by atoms with E-state index in [0.717, 1.165) is 12.1 Å². The predicted molar refractivity (Wildman–Crippen MR) is 139 cm³/mol. The zero-order valence-corrected chi connectivity index (χ0v) is 22.3. The Balaban J connectivity index is 1.70. The molecular weight excluding hydrogens is 593 g/mol. The Labute approximate surface area is 235 Å². The van der Waals surface area contributed by atoms with Crippen LogP contribution in [0.25, 0.3) is 33.8 Å². The van der Waals surface area contributed by atoms with Gasteiger partial charge in [-0.25, -0.2) is 26.9 Å². The summed E-state index contributed by atoms with van der Waals surface area (Å²) in [5.74, 6) is -0.278. The van der Waals surface area contributed by atoms with Gasteiger partial charge in [0.25, 0.3) is 6.43 Å². The van der Waals surface area contributed by atoms with Crippen LogP contribution >= 0.6 is 11.6 Å². The summed E-state index contributed by atoms with van der Waals surface area (Å²) in [6.07, 6.45) is -6.44. The molecule has 0 atom stereocenters. The van der Waals surface area contributed by atoms with E-state index >= 15 is 0 Å². The van der Waals surface area contributed by atoms with Crippen molar-refractivity contribution in [3.8, 4) is 39.5 Å². The van der Waals surface area contributed by atoms with Gasteiger partial charge in [-0.3, -0.25) is 4.57 Å². The number of nitrogens with zero attached hydrogens (tertiary/aromatic N) is 5. The first-order valence-electron chi connectivity index (χ1n) is 11.6. The van der Waals surface area contributed by atoms with Crippen LogP contribution in [0.3, 0.4) is 0 Å². The number of thiol groups is 1. The maximum Gasteiger partial charge on any atom is 0.573 e. The van der Waals surface area contributed by atoms with E-state index in [-0.39, 0.29) is 27.2 Å². The van der Waals surface area contributed by atoms with Crippen molar-refractivity contribution >= 4 is 22.3 Å². The summed E-state index contributed by atoms with van der Waals surface area (Å²) in [5.41, 5.74) is 1.77. The fourth-order valence-corrected chi connectivity index (χ4v) is 5.03. The van der Waals surface area contributed by atoms with E-state index in [1.807, 2.05) is 0 Å². The van der Waals surface area contributed by atoms with Crippen molar-refractivity contribution in [3.05, 3.63) is 89.6 Å². The number of hydrogen-bond acceptors (Lipinski definition) is 6. The van der Waals surface area contributed by atoms with Crippen LogP contribution in [-0.4, -0.2) is 39.3 Å². The maximum absolute atomic E-state index is 13.6. The molecule has 0 fully saturated rings. The average Bonchev–Trinajstić information content (AvgIpc) is 3.52. The van der Waals surface area contributed by atoms with Crippen LogP contribution in [0.15, 0.2) is 77.8 Å². The summed E-state index contributed by atoms with van der Waals surface area (Å²) in [7, 11) is -2.86. The van der Waals surface area contributed by atoms with Crippen molar-refractivity contribution in [2.24, 2.45) is 0 Å². The van der Waals surface area contributed by atoms with Gasteiger partial charge >= 0.3 is 6.36 Å². The van der Waals surface area contributed by atoms with E-state index in [9.17, 15) is 30.4 Å². The van der Waals surface area contributed by atoms with Gasteiger partial charge in [0.15, 0.2) is 10.7 Å². The summed E-state index contributed by atoms with van der Waals surface area (Å²) in [6.45, 7) is 1.49. The molecule has 0 aliphatic carbocycles. The van der Waals surface area contributed by atoms with Crippen molar-refractivity contribution in [1.29, 1.82) is 0 Å². The molecule has 0 amide bonds. The fraction of sp³-hybridized carbons (Fsp3) is 0.115. The van der Waals surface area contributed by atoms with E-state index in [1.54, 1.807) is 30.3 Å². The Morgan fingerprint density at radius 1 is 0.927 bits per heavy atom. The Hall–Kier alpha value is -4.30. The Morgan fingerprint density at radius 2 is 1.61 bits per heavy atom. The van der Waals surface area contributed by atoms with E-state index < -0.39 is 34.9 Å². The predicted octanol–water partition coefficient (Wildman–Crippen LogP) is 6.56. The molecule has 0 unspecified atom stereocenters. The van der Waals surface area contributed by atoms with Gasteiger partial charge in [-0.05, 0) is 66.6 Å². The second kappa shape index (κ2) is 10.9. The lowest BCUT2D eigenvalue weighted by Gasteiger charge is -2.17. The Bertz CT molecular complexity index is 1810. The van der Waals surface area contributed by atoms with Gasteiger partial charge < -0.3 is 4.74 Å². The molecule has 0 radical (unpaired) electrons.